The zero-order valence-corrected chi connectivity index (χ0v) is 22.8. The number of nitrogens with zero attached hydrogens (tertiary/aromatic N) is 4. The van der Waals surface area contributed by atoms with Gasteiger partial charge in [-0.05, 0) is 64.2 Å². The number of ether oxygens (including phenoxy) is 1. The molecule has 36 heavy (non-hydrogen) atoms. The molecule has 2 aromatic rings. The van der Waals surface area contributed by atoms with Crippen molar-refractivity contribution in [3.05, 3.63) is 30.0 Å². The average Bonchev–Trinajstić information content (AvgIpc) is 3.25. The summed E-state index contributed by atoms with van der Waals surface area (Å²) in [5.74, 6) is 2.22. The second kappa shape index (κ2) is 12.9. The lowest BCUT2D eigenvalue weighted by atomic mass is 10.1. The Bertz CT molecular complexity index is 1010. The van der Waals surface area contributed by atoms with Crippen LogP contribution in [0.3, 0.4) is 0 Å². The van der Waals surface area contributed by atoms with Gasteiger partial charge in [0.05, 0.1) is 24.1 Å². The molecule has 2 aliphatic heterocycles. The number of nitrogens with one attached hydrogen (secondary N) is 1. The Labute approximate surface area is 216 Å². The maximum atomic E-state index is 12.5. The SMILES string of the molecule is CCCC(O)CCC.Cc1ccc(Nc2ncc3c(n2)N2CCC[C@H]2CC(=O)N3C)c(OC(C)C)c1. The topological polar surface area (TPSA) is 90.8 Å². The van der Waals surface area contributed by atoms with Gasteiger partial charge in [0.25, 0.3) is 0 Å². The maximum absolute atomic E-state index is 12.5. The highest BCUT2D eigenvalue weighted by Gasteiger charge is 2.35. The highest BCUT2D eigenvalue weighted by molar-refractivity contribution is 5.97. The maximum Gasteiger partial charge on any atom is 0.229 e. The van der Waals surface area contributed by atoms with Gasteiger partial charge < -0.3 is 25.0 Å². The summed E-state index contributed by atoms with van der Waals surface area (Å²) in [7, 11) is 1.80. The van der Waals surface area contributed by atoms with E-state index in [0.717, 1.165) is 73.6 Å². The van der Waals surface area contributed by atoms with Crippen LogP contribution in [0.1, 0.15) is 78.2 Å². The van der Waals surface area contributed by atoms with Gasteiger partial charge >= 0.3 is 0 Å². The fraction of sp³-hybridized carbons (Fsp3) is 0.607. The van der Waals surface area contributed by atoms with Crippen molar-refractivity contribution in [3.8, 4) is 5.75 Å². The van der Waals surface area contributed by atoms with Crippen LogP contribution in [-0.4, -0.2) is 52.8 Å². The largest absolute Gasteiger partial charge is 0.489 e. The van der Waals surface area contributed by atoms with Crippen molar-refractivity contribution in [2.45, 2.75) is 97.8 Å². The lowest BCUT2D eigenvalue weighted by Gasteiger charge is -2.24. The number of aryl methyl sites for hydroxylation is 1. The second-order valence-corrected chi connectivity index (χ2v) is 10.1. The summed E-state index contributed by atoms with van der Waals surface area (Å²) in [6.07, 6.45) is 8.53. The number of aliphatic hydroxyl groups is 1. The molecule has 1 atom stereocenters. The first-order valence-electron chi connectivity index (χ1n) is 13.4. The van der Waals surface area contributed by atoms with Gasteiger partial charge in [-0.25, -0.2) is 4.98 Å². The van der Waals surface area contributed by atoms with Crippen LogP contribution in [0.4, 0.5) is 23.1 Å². The minimum absolute atomic E-state index is 0.0370. The van der Waals surface area contributed by atoms with Crippen LogP contribution >= 0.6 is 0 Å². The van der Waals surface area contributed by atoms with Gasteiger partial charge in [0.2, 0.25) is 11.9 Å². The van der Waals surface area contributed by atoms with Crippen LogP contribution in [0.5, 0.6) is 5.75 Å². The fourth-order valence-electron chi connectivity index (χ4n) is 4.69. The molecule has 2 N–H and O–H groups in total. The number of hydrogen-bond donors (Lipinski definition) is 2. The summed E-state index contributed by atoms with van der Waals surface area (Å²) >= 11 is 0. The molecule has 0 unspecified atom stereocenters. The molecule has 1 fully saturated rings. The van der Waals surface area contributed by atoms with E-state index in [1.165, 1.54) is 0 Å². The molecule has 198 valence electrons. The van der Waals surface area contributed by atoms with Crippen LogP contribution < -0.4 is 19.9 Å². The molecule has 0 saturated carbocycles. The van der Waals surface area contributed by atoms with Crippen LogP contribution in [0.25, 0.3) is 0 Å². The molecule has 1 aromatic heterocycles. The van der Waals surface area contributed by atoms with Gasteiger partial charge in [-0.2, -0.15) is 4.98 Å². The van der Waals surface area contributed by atoms with Gasteiger partial charge in [0.15, 0.2) is 5.82 Å². The predicted octanol–water partition coefficient (Wildman–Crippen LogP) is 5.60. The summed E-state index contributed by atoms with van der Waals surface area (Å²) in [6, 6.07) is 6.24. The Morgan fingerprint density at radius 1 is 1.22 bits per heavy atom. The Kier molecular flexibility index (Phi) is 9.93. The van der Waals surface area contributed by atoms with E-state index < -0.39 is 0 Å². The average molecular weight is 498 g/mol. The molecule has 1 aromatic carbocycles. The number of rotatable bonds is 8. The Morgan fingerprint density at radius 3 is 2.61 bits per heavy atom. The zero-order valence-electron chi connectivity index (χ0n) is 22.8. The number of aromatic nitrogens is 2. The number of amides is 1. The molecule has 0 bridgehead atoms. The van der Waals surface area contributed by atoms with Crippen molar-refractivity contribution in [2.75, 3.05) is 28.7 Å². The van der Waals surface area contributed by atoms with E-state index in [9.17, 15) is 4.79 Å². The minimum Gasteiger partial charge on any atom is -0.489 e. The quantitative estimate of drug-likeness (QED) is 0.491. The predicted molar refractivity (Wildman–Crippen MR) is 146 cm³/mol. The van der Waals surface area contributed by atoms with Crippen molar-refractivity contribution in [1.29, 1.82) is 0 Å². The summed E-state index contributed by atoms with van der Waals surface area (Å²) in [6.45, 7) is 11.2. The molecular formula is C28H43N5O3. The molecule has 8 nitrogen and oxygen atoms in total. The van der Waals surface area contributed by atoms with Gasteiger partial charge in [0.1, 0.15) is 11.4 Å². The molecular weight excluding hydrogens is 454 g/mol. The number of carbonyl (C=O) groups is 1. The molecule has 2 aliphatic rings. The first-order chi connectivity index (χ1) is 17.2. The van der Waals surface area contributed by atoms with Gasteiger partial charge in [0, 0.05) is 26.1 Å². The summed E-state index contributed by atoms with van der Waals surface area (Å²) in [4.78, 5) is 25.7. The van der Waals surface area contributed by atoms with Crippen molar-refractivity contribution in [2.24, 2.45) is 0 Å². The lowest BCUT2D eigenvalue weighted by Crippen LogP contribution is -2.31. The molecule has 1 amide bonds. The van der Waals surface area contributed by atoms with E-state index in [1.54, 1.807) is 18.1 Å². The molecule has 0 spiro atoms. The van der Waals surface area contributed by atoms with Crippen molar-refractivity contribution in [1.82, 2.24) is 9.97 Å². The monoisotopic (exact) mass is 497 g/mol. The van der Waals surface area contributed by atoms with Crippen molar-refractivity contribution in [3.63, 3.8) is 0 Å². The number of benzene rings is 1. The third-order valence-corrected chi connectivity index (χ3v) is 6.53. The van der Waals surface area contributed by atoms with Gasteiger partial charge in [-0.1, -0.05) is 32.8 Å². The Hall–Kier alpha value is -2.87. The number of anilines is 4. The third kappa shape index (κ3) is 7.09. The van der Waals surface area contributed by atoms with Crippen molar-refractivity contribution < 1.29 is 14.6 Å². The fourth-order valence-corrected chi connectivity index (χ4v) is 4.69. The number of hydrogen-bond acceptors (Lipinski definition) is 7. The van der Waals surface area contributed by atoms with Gasteiger partial charge in [-0.3, -0.25) is 4.79 Å². The Balaban J connectivity index is 0.000000392. The zero-order chi connectivity index (χ0) is 26.2. The number of aliphatic hydroxyl groups excluding tert-OH is 1. The summed E-state index contributed by atoms with van der Waals surface area (Å²) < 4.78 is 5.95. The number of carbonyl (C=O) groups excluding carboxylic acids is 1. The van der Waals surface area contributed by atoms with E-state index in [4.69, 9.17) is 14.8 Å². The third-order valence-electron chi connectivity index (χ3n) is 6.53. The highest BCUT2D eigenvalue weighted by Crippen LogP contribution is 2.38. The minimum atomic E-state index is -0.0370. The molecule has 8 heteroatoms. The summed E-state index contributed by atoms with van der Waals surface area (Å²) in [5, 5.41) is 12.4. The summed E-state index contributed by atoms with van der Waals surface area (Å²) in [5.41, 5.74) is 2.72. The smallest absolute Gasteiger partial charge is 0.229 e. The van der Waals surface area contributed by atoms with E-state index in [2.05, 4.69) is 29.0 Å². The van der Waals surface area contributed by atoms with E-state index in [1.807, 2.05) is 39.0 Å². The van der Waals surface area contributed by atoms with Crippen molar-refractivity contribution >= 4 is 29.0 Å². The molecule has 0 aliphatic carbocycles. The first-order valence-corrected chi connectivity index (χ1v) is 13.4. The molecule has 0 radical (unpaired) electrons. The molecule has 4 rings (SSSR count). The highest BCUT2D eigenvalue weighted by atomic mass is 16.5. The van der Waals surface area contributed by atoms with Gasteiger partial charge in [-0.15, -0.1) is 0 Å². The van der Waals surface area contributed by atoms with Crippen LogP contribution in [0.2, 0.25) is 0 Å². The Morgan fingerprint density at radius 2 is 1.94 bits per heavy atom. The normalized spacial score (nSPS) is 16.9. The van der Waals surface area contributed by atoms with Crippen LogP contribution in [0, 0.1) is 6.92 Å². The standard InChI is InChI=1S/C21H27N5O2.C7H16O/c1-13(2)28-18-10-14(3)7-8-16(18)23-21-22-12-17-20(24-21)26-9-5-6-15(26)11-19(27)25(17)4;1-3-5-7(8)6-4-2/h7-8,10,12-13,15H,5-6,9,11H2,1-4H3,(H,22,23,24);7-8H,3-6H2,1-2H3/t15-;/m0./s1. The van der Waals surface area contributed by atoms with E-state index in [0.29, 0.717) is 12.4 Å². The second-order valence-electron chi connectivity index (χ2n) is 10.1. The first kappa shape index (κ1) is 27.7. The van der Waals surface area contributed by atoms with E-state index >= 15 is 0 Å². The number of fused-ring (bicyclic) bond motifs is 3. The van der Waals surface area contributed by atoms with Crippen LogP contribution in [-0.2, 0) is 4.79 Å². The molecule has 3 heterocycles. The van der Waals surface area contributed by atoms with Crippen LogP contribution in [0.15, 0.2) is 24.4 Å². The lowest BCUT2D eigenvalue weighted by molar-refractivity contribution is -0.118. The van der Waals surface area contributed by atoms with E-state index in [-0.39, 0.29) is 24.2 Å². The molecule has 1 saturated heterocycles.